The molecular formula is C14H22N2O. The van der Waals surface area contributed by atoms with Crippen LogP contribution in [-0.2, 0) is 6.54 Å². The van der Waals surface area contributed by atoms with Crippen molar-refractivity contribution < 1.29 is 5.11 Å². The number of hydrogen-bond acceptors (Lipinski definition) is 3. The second-order valence-corrected chi connectivity index (χ2v) is 4.94. The number of rotatable bonds is 3. The molecule has 1 saturated heterocycles. The molecule has 0 spiro atoms. The molecular weight excluding hydrogens is 212 g/mol. The van der Waals surface area contributed by atoms with Crippen LogP contribution in [0, 0.1) is 5.92 Å². The van der Waals surface area contributed by atoms with Crippen LogP contribution >= 0.6 is 0 Å². The van der Waals surface area contributed by atoms with E-state index in [2.05, 4.69) is 41.4 Å². The lowest BCUT2D eigenvalue weighted by molar-refractivity contribution is 0.0970. The lowest BCUT2D eigenvalue weighted by atomic mass is 9.95. The maximum Gasteiger partial charge on any atom is 0.0599 e. The molecule has 17 heavy (non-hydrogen) atoms. The fourth-order valence-electron chi connectivity index (χ4n) is 2.51. The van der Waals surface area contributed by atoms with Crippen LogP contribution in [0.25, 0.3) is 0 Å². The molecule has 0 aromatic heterocycles. The Labute approximate surface area is 103 Å². The molecule has 2 unspecified atom stereocenters. The number of aliphatic hydroxyl groups excluding tert-OH is 1. The second-order valence-electron chi connectivity index (χ2n) is 4.94. The highest BCUT2D eigenvalue weighted by Crippen LogP contribution is 2.26. The second kappa shape index (κ2) is 5.52. The summed E-state index contributed by atoms with van der Waals surface area (Å²) in [7, 11) is 1.97. The summed E-state index contributed by atoms with van der Waals surface area (Å²) in [6.45, 7) is 4.91. The lowest BCUT2D eigenvalue weighted by Gasteiger charge is -2.37. The van der Waals surface area contributed by atoms with Gasteiger partial charge in [-0.1, -0.05) is 25.1 Å². The molecule has 0 amide bonds. The van der Waals surface area contributed by atoms with Crippen LogP contribution in [-0.4, -0.2) is 31.3 Å². The Kier molecular flexibility index (Phi) is 4.02. The molecule has 0 aliphatic carbocycles. The third-order valence-electron chi connectivity index (χ3n) is 3.56. The Balaban J connectivity index is 2.16. The van der Waals surface area contributed by atoms with Crippen LogP contribution < -0.4 is 10.2 Å². The first kappa shape index (κ1) is 12.4. The molecule has 1 aliphatic rings. The summed E-state index contributed by atoms with van der Waals surface area (Å²) in [5, 5.41) is 13.0. The first-order valence-electron chi connectivity index (χ1n) is 6.38. The van der Waals surface area contributed by atoms with Gasteiger partial charge in [-0.05, 0) is 31.0 Å². The highest BCUT2D eigenvalue weighted by Gasteiger charge is 2.25. The predicted octanol–water partition coefficient (Wildman–Crippen LogP) is 1.61. The van der Waals surface area contributed by atoms with Crippen molar-refractivity contribution in [2.24, 2.45) is 5.92 Å². The van der Waals surface area contributed by atoms with Gasteiger partial charge in [0.1, 0.15) is 0 Å². The van der Waals surface area contributed by atoms with E-state index in [1.807, 2.05) is 7.05 Å². The van der Waals surface area contributed by atoms with Crippen LogP contribution in [0.1, 0.15) is 18.9 Å². The molecule has 2 N–H and O–H groups in total. The first-order chi connectivity index (χ1) is 8.22. The zero-order valence-electron chi connectivity index (χ0n) is 10.7. The average Bonchev–Trinajstić information content (AvgIpc) is 2.34. The molecule has 1 aromatic rings. The van der Waals surface area contributed by atoms with Gasteiger partial charge in [-0.15, -0.1) is 0 Å². The minimum absolute atomic E-state index is 0.136. The van der Waals surface area contributed by atoms with Crippen LogP contribution in [0.2, 0.25) is 0 Å². The van der Waals surface area contributed by atoms with Crippen molar-refractivity contribution in [1.29, 1.82) is 0 Å². The van der Waals surface area contributed by atoms with Gasteiger partial charge in [0.2, 0.25) is 0 Å². The molecule has 1 fully saturated rings. The summed E-state index contributed by atoms with van der Waals surface area (Å²) in [4.78, 5) is 2.39. The minimum Gasteiger partial charge on any atom is -0.393 e. The minimum atomic E-state index is -0.136. The Morgan fingerprint density at radius 2 is 2.18 bits per heavy atom. The van der Waals surface area contributed by atoms with Crippen molar-refractivity contribution in [1.82, 2.24) is 5.32 Å². The average molecular weight is 234 g/mol. The summed E-state index contributed by atoms with van der Waals surface area (Å²) < 4.78 is 0. The van der Waals surface area contributed by atoms with E-state index in [4.69, 9.17) is 0 Å². The molecule has 1 heterocycles. The van der Waals surface area contributed by atoms with Crippen molar-refractivity contribution in [2.45, 2.75) is 26.0 Å². The quantitative estimate of drug-likeness (QED) is 0.834. The standard InChI is InChI=1S/C14H22N2O/c1-11-10-16(8-7-14(11)17)13-6-4-3-5-12(13)9-15-2/h3-6,11,14-15,17H,7-10H2,1-2H3. The maximum absolute atomic E-state index is 9.78. The number of hydrogen-bond donors (Lipinski definition) is 2. The number of anilines is 1. The largest absolute Gasteiger partial charge is 0.393 e. The summed E-state index contributed by atoms with van der Waals surface area (Å²) >= 11 is 0. The number of aliphatic hydroxyl groups is 1. The molecule has 1 aromatic carbocycles. The third-order valence-corrected chi connectivity index (χ3v) is 3.56. The molecule has 1 aliphatic heterocycles. The van der Waals surface area contributed by atoms with Crippen LogP contribution in [0.4, 0.5) is 5.69 Å². The molecule has 0 bridgehead atoms. The van der Waals surface area contributed by atoms with E-state index in [0.717, 1.165) is 26.1 Å². The lowest BCUT2D eigenvalue weighted by Crippen LogP contribution is -2.42. The van der Waals surface area contributed by atoms with E-state index in [0.29, 0.717) is 5.92 Å². The van der Waals surface area contributed by atoms with Crippen molar-refractivity contribution in [3.63, 3.8) is 0 Å². The van der Waals surface area contributed by atoms with E-state index in [1.165, 1.54) is 11.3 Å². The van der Waals surface area contributed by atoms with Gasteiger partial charge in [0.15, 0.2) is 0 Å². The molecule has 3 nitrogen and oxygen atoms in total. The fraction of sp³-hybridized carbons (Fsp3) is 0.571. The normalized spacial score (nSPS) is 25.0. The van der Waals surface area contributed by atoms with Gasteiger partial charge in [0.05, 0.1) is 6.10 Å². The smallest absolute Gasteiger partial charge is 0.0599 e. The van der Waals surface area contributed by atoms with Gasteiger partial charge in [-0.2, -0.15) is 0 Å². The van der Waals surface area contributed by atoms with Crippen molar-refractivity contribution >= 4 is 5.69 Å². The van der Waals surface area contributed by atoms with Gasteiger partial charge in [0, 0.05) is 25.3 Å². The van der Waals surface area contributed by atoms with E-state index in [1.54, 1.807) is 0 Å². The SMILES string of the molecule is CNCc1ccccc1N1CCC(O)C(C)C1. The van der Waals surface area contributed by atoms with E-state index < -0.39 is 0 Å². The van der Waals surface area contributed by atoms with Crippen molar-refractivity contribution in [3.05, 3.63) is 29.8 Å². The number of nitrogens with zero attached hydrogens (tertiary/aromatic N) is 1. The first-order valence-corrected chi connectivity index (χ1v) is 6.38. The summed E-state index contributed by atoms with van der Waals surface area (Å²) in [6.07, 6.45) is 0.734. The number of benzene rings is 1. The van der Waals surface area contributed by atoms with Gasteiger partial charge < -0.3 is 15.3 Å². The molecule has 2 rings (SSSR count). The molecule has 94 valence electrons. The maximum atomic E-state index is 9.78. The van der Waals surface area contributed by atoms with Crippen LogP contribution in [0.3, 0.4) is 0 Å². The van der Waals surface area contributed by atoms with Crippen LogP contribution in [0.15, 0.2) is 24.3 Å². The Hall–Kier alpha value is -1.06. The van der Waals surface area contributed by atoms with Crippen LogP contribution in [0.5, 0.6) is 0 Å². The highest BCUT2D eigenvalue weighted by atomic mass is 16.3. The van der Waals surface area contributed by atoms with Gasteiger partial charge in [-0.25, -0.2) is 0 Å². The topological polar surface area (TPSA) is 35.5 Å². The third kappa shape index (κ3) is 2.79. The molecule has 0 radical (unpaired) electrons. The number of para-hydroxylation sites is 1. The molecule has 0 saturated carbocycles. The summed E-state index contributed by atoms with van der Waals surface area (Å²) in [5.41, 5.74) is 2.64. The van der Waals surface area contributed by atoms with Gasteiger partial charge in [0.25, 0.3) is 0 Å². The molecule has 3 heteroatoms. The van der Waals surface area contributed by atoms with E-state index in [-0.39, 0.29) is 6.10 Å². The zero-order chi connectivity index (χ0) is 12.3. The van der Waals surface area contributed by atoms with Gasteiger partial charge >= 0.3 is 0 Å². The summed E-state index contributed by atoms with van der Waals surface area (Å²) in [6, 6.07) is 8.52. The summed E-state index contributed by atoms with van der Waals surface area (Å²) in [5.74, 6) is 0.353. The predicted molar refractivity (Wildman–Crippen MR) is 71.2 cm³/mol. The van der Waals surface area contributed by atoms with E-state index in [9.17, 15) is 5.11 Å². The Morgan fingerprint density at radius 1 is 1.41 bits per heavy atom. The molecule has 2 atom stereocenters. The van der Waals surface area contributed by atoms with Crippen molar-refractivity contribution in [2.75, 3.05) is 25.0 Å². The zero-order valence-corrected chi connectivity index (χ0v) is 10.7. The van der Waals surface area contributed by atoms with Gasteiger partial charge in [-0.3, -0.25) is 0 Å². The van der Waals surface area contributed by atoms with Crippen molar-refractivity contribution in [3.8, 4) is 0 Å². The monoisotopic (exact) mass is 234 g/mol. The fourth-order valence-corrected chi connectivity index (χ4v) is 2.51. The number of piperidine rings is 1. The Morgan fingerprint density at radius 3 is 2.88 bits per heavy atom. The highest BCUT2D eigenvalue weighted by molar-refractivity contribution is 5.54. The number of nitrogens with one attached hydrogen (secondary N) is 1. The van der Waals surface area contributed by atoms with E-state index >= 15 is 0 Å². The Bertz CT molecular complexity index is 367.